The molecule has 1 unspecified atom stereocenters. The summed E-state index contributed by atoms with van der Waals surface area (Å²) in [7, 11) is 0. The van der Waals surface area contributed by atoms with Crippen molar-refractivity contribution < 1.29 is 9.59 Å². The van der Waals surface area contributed by atoms with Gasteiger partial charge in [-0.05, 0) is 25.7 Å². The minimum Gasteiger partial charge on any atom is -0.298 e. The summed E-state index contributed by atoms with van der Waals surface area (Å²) < 4.78 is 0. The maximum atomic E-state index is 12.1. The zero-order chi connectivity index (χ0) is 10.5. The summed E-state index contributed by atoms with van der Waals surface area (Å²) in [6.45, 7) is 0. The highest BCUT2D eigenvalue weighted by Crippen LogP contribution is 2.61. The number of fused-ring (bicyclic) bond motifs is 2. The summed E-state index contributed by atoms with van der Waals surface area (Å²) in [6, 6.07) is 0. The van der Waals surface area contributed by atoms with Crippen LogP contribution in [0.5, 0.6) is 0 Å². The van der Waals surface area contributed by atoms with E-state index in [0.717, 1.165) is 37.7 Å². The standard InChI is InChI=1S/C13H14O2/c14-8-9-4-1-2-7-13(9)11-6-3-5-10(11)12(13)15/h3,6,10-11H,1-2,4-5,7H2/t10-,11+,13?/m1/s1. The van der Waals surface area contributed by atoms with Crippen LogP contribution in [-0.4, -0.2) is 11.7 Å². The van der Waals surface area contributed by atoms with Crippen molar-refractivity contribution in [3.63, 3.8) is 0 Å². The van der Waals surface area contributed by atoms with Gasteiger partial charge in [0.2, 0.25) is 0 Å². The fourth-order valence-corrected chi connectivity index (χ4v) is 3.69. The van der Waals surface area contributed by atoms with Gasteiger partial charge in [0, 0.05) is 17.4 Å². The first-order valence-corrected chi connectivity index (χ1v) is 5.76. The molecular formula is C13H14O2. The van der Waals surface area contributed by atoms with Crippen LogP contribution < -0.4 is 0 Å². The Morgan fingerprint density at radius 3 is 3.07 bits per heavy atom. The average Bonchev–Trinajstić information content (AvgIpc) is 2.74. The molecule has 0 radical (unpaired) electrons. The molecule has 3 atom stereocenters. The SMILES string of the molecule is O=C=C1CCCCC12C(=O)[C@@H]1CC=C[C@@H]12. The van der Waals surface area contributed by atoms with E-state index in [2.05, 4.69) is 18.1 Å². The number of allylic oxidation sites excluding steroid dienone is 3. The first-order valence-electron chi connectivity index (χ1n) is 5.76. The van der Waals surface area contributed by atoms with Crippen LogP contribution in [-0.2, 0) is 9.59 Å². The molecule has 2 heteroatoms. The number of hydrogen-bond acceptors (Lipinski definition) is 2. The predicted molar refractivity (Wildman–Crippen MR) is 55.9 cm³/mol. The second-order valence-corrected chi connectivity index (χ2v) is 4.92. The van der Waals surface area contributed by atoms with Gasteiger partial charge in [0.1, 0.15) is 11.7 Å². The van der Waals surface area contributed by atoms with Crippen molar-refractivity contribution in [2.24, 2.45) is 17.3 Å². The summed E-state index contributed by atoms with van der Waals surface area (Å²) in [5, 5.41) is 0. The fraction of sp³-hybridized carbons (Fsp3) is 0.615. The molecular weight excluding hydrogens is 188 g/mol. The van der Waals surface area contributed by atoms with Crippen LogP contribution in [0, 0.1) is 17.3 Å². The van der Waals surface area contributed by atoms with Gasteiger partial charge in [-0.25, -0.2) is 4.79 Å². The van der Waals surface area contributed by atoms with E-state index in [1.54, 1.807) is 0 Å². The third-order valence-corrected chi connectivity index (χ3v) is 4.42. The van der Waals surface area contributed by atoms with E-state index in [9.17, 15) is 9.59 Å². The minimum atomic E-state index is -0.405. The Bertz CT molecular complexity index is 401. The smallest absolute Gasteiger partial charge is 0.148 e. The van der Waals surface area contributed by atoms with Gasteiger partial charge in [0.15, 0.2) is 0 Å². The largest absolute Gasteiger partial charge is 0.298 e. The molecule has 0 aliphatic heterocycles. The zero-order valence-electron chi connectivity index (χ0n) is 8.66. The van der Waals surface area contributed by atoms with Crippen LogP contribution in [0.15, 0.2) is 17.7 Å². The Hall–Kier alpha value is -1.14. The second kappa shape index (κ2) is 2.93. The van der Waals surface area contributed by atoms with E-state index in [0.29, 0.717) is 11.7 Å². The van der Waals surface area contributed by atoms with Crippen molar-refractivity contribution in [3.05, 3.63) is 17.7 Å². The van der Waals surface area contributed by atoms with Crippen molar-refractivity contribution in [2.45, 2.75) is 32.1 Å². The Balaban J connectivity index is 2.05. The van der Waals surface area contributed by atoms with Gasteiger partial charge < -0.3 is 0 Å². The Labute approximate surface area is 89.0 Å². The molecule has 3 aliphatic rings. The van der Waals surface area contributed by atoms with Crippen LogP contribution in [0.2, 0.25) is 0 Å². The molecule has 78 valence electrons. The topological polar surface area (TPSA) is 34.1 Å². The first-order chi connectivity index (χ1) is 7.30. The Kier molecular flexibility index (Phi) is 1.78. The van der Waals surface area contributed by atoms with Crippen LogP contribution in [0.1, 0.15) is 32.1 Å². The van der Waals surface area contributed by atoms with E-state index < -0.39 is 5.41 Å². The third kappa shape index (κ3) is 0.908. The monoisotopic (exact) mass is 202 g/mol. The van der Waals surface area contributed by atoms with Gasteiger partial charge in [0.25, 0.3) is 0 Å². The zero-order valence-corrected chi connectivity index (χ0v) is 8.66. The Morgan fingerprint density at radius 2 is 2.27 bits per heavy atom. The maximum absolute atomic E-state index is 12.1. The van der Waals surface area contributed by atoms with E-state index in [1.165, 1.54) is 0 Å². The third-order valence-electron chi connectivity index (χ3n) is 4.42. The lowest BCUT2D eigenvalue weighted by atomic mass is 9.47. The molecule has 0 N–H and O–H groups in total. The number of Topliss-reactive ketones (excluding diaryl/α,β-unsaturated/α-hetero) is 1. The molecule has 15 heavy (non-hydrogen) atoms. The van der Waals surface area contributed by atoms with Gasteiger partial charge in [-0.15, -0.1) is 0 Å². The maximum Gasteiger partial charge on any atom is 0.148 e. The molecule has 0 heterocycles. The minimum absolute atomic E-state index is 0.187. The predicted octanol–water partition coefficient (Wildman–Crippen LogP) is 2.08. The highest BCUT2D eigenvalue weighted by molar-refractivity contribution is 6.00. The van der Waals surface area contributed by atoms with E-state index in [1.807, 2.05) is 0 Å². The molecule has 0 amide bonds. The molecule has 1 spiro atoms. The molecule has 0 saturated heterocycles. The second-order valence-electron chi connectivity index (χ2n) is 4.92. The van der Waals surface area contributed by atoms with Crippen LogP contribution >= 0.6 is 0 Å². The van der Waals surface area contributed by atoms with Gasteiger partial charge >= 0.3 is 0 Å². The highest BCUT2D eigenvalue weighted by atomic mass is 16.1. The van der Waals surface area contributed by atoms with E-state index in [4.69, 9.17) is 0 Å². The van der Waals surface area contributed by atoms with Crippen molar-refractivity contribution >= 4 is 11.7 Å². The lowest BCUT2D eigenvalue weighted by molar-refractivity contribution is -0.149. The van der Waals surface area contributed by atoms with Gasteiger partial charge in [-0.3, -0.25) is 4.79 Å². The highest BCUT2D eigenvalue weighted by Gasteiger charge is 2.63. The fourth-order valence-electron chi connectivity index (χ4n) is 3.69. The summed E-state index contributed by atoms with van der Waals surface area (Å²) in [5.74, 6) is 2.87. The van der Waals surface area contributed by atoms with Crippen LogP contribution in [0.3, 0.4) is 0 Å². The molecule has 2 nitrogen and oxygen atoms in total. The van der Waals surface area contributed by atoms with Crippen molar-refractivity contribution in [3.8, 4) is 0 Å². The number of ketones is 1. The molecule has 0 aromatic carbocycles. The quantitative estimate of drug-likeness (QED) is 0.445. The summed E-state index contributed by atoms with van der Waals surface area (Å²) in [4.78, 5) is 23.1. The van der Waals surface area contributed by atoms with Crippen LogP contribution in [0.4, 0.5) is 0 Å². The van der Waals surface area contributed by atoms with E-state index >= 15 is 0 Å². The lowest BCUT2D eigenvalue weighted by Gasteiger charge is -2.52. The van der Waals surface area contributed by atoms with Crippen LogP contribution in [0.25, 0.3) is 0 Å². The van der Waals surface area contributed by atoms with Crippen molar-refractivity contribution in [2.75, 3.05) is 0 Å². The molecule has 0 aromatic heterocycles. The van der Waals surface area contributed by atoms with Gasteiger partial charge in [0.05, 0.1) is 5.41 Å². The normalized spacial score (nSPS) is 42.7. The average molecular weight is 202 g/mol. The summed E-state index contributed by atoms with van der Waals surface area (Å²) >= 11 is 0. The van der Waals surface area contributed by atoms with Gasteiger partial charge in [-0.1, -0.05) is 18.6 Å². The van der Waals surface area contributed by atoms with Gasteiger partial charge in [-0.2, -0.15) is 0 Å². The molecule has 2 fully saturated rings. The summed E-state index contributed by atoms with van der Waals surface area (Å²) in [6.07, 6.45) is 8.91. The van der Waals surface area contributed by atoms with E-state index in [-0.39, 0.29) is 5.92 Å². The molecule has 0 aromatic rings. The molecule has 0 bridgehead atoms. The van der Waals surface area contributed by atoms with Crippen molar-refractivity contribution in [1.82, 2.24) is 0 Å². The number of carbonyl (C=O) groups is 1. The molecule has 3 aliphatic carbocycles. The molecule has 2 saturated carbocycles. The first kappa shape index (κ1) is 9.11. The number of rotatable bonds is 0. The van der Waals surface area contributed by atoms with Crippen molar-refractivity contribution in [1.29, 1.82) is 0 Å². The lowest BCUT2D eigenvalue weighted by Crippen LogP contribution is -2.57. The molecule has 3 rings (SSSR count). The Morgan fingerprint density at radius 1 is 1.40 bits per heavy atom. The number of hydrogen-bond donors (Lipinski definition) is 0. The number of carbonyl (C=O) groups excluding carboxylic acids is 2. The summed E-state index contributed by atoms with van der Waals surface area (Å²) in [5.41, 5.74) is 0.351.